The van der Waals surface area contributed by atoms with Crippen molar-refractivity contribution in [3.05, 3.63) is 41.0 Å². The Balaban J connectivity index is 1.54. The van der Waals surface area contributed by atoms with Crippen LogP contribution in [0.25, 0.3) is 10.4 Å². The Kier molecular flexibility index (Phi) is 11.9. The van der Waals surface area contributed by atoms with Crippen LogP contribution in [0.5, 0.6) is 0 Å². The lowest BCUT2D eigenvalue weighted by Gasteiger charge is -2.35. The number of hydrogen-bond acceptors (Lipinski definition) is 8. The Morgan fingerprint density at radius 3 is 2.34 bits per heavy atom. The third-order valence-electron chi connectivity index (χ3n) is 7.21. The van der Waals surface area contributed by atoms with Crippen molar-refractivity contribution in [3.63, 3.8) is 0 Å². The molecule has 0 spiro atoms. The maximum Gasteiger partial charge on any atom is 0.407 e. The van der Waals surface area contributed by atoms with E-state index in [0.29, 0.717) is 19.4 Å². The summed E-state index contributed by atoms with van der Waals surface area (Å²) in [7, 11) is 0. The molecule has 12 heteroatoms. The van der Waals surface area contributed by atoms with Gasteiger partial charge in [0, 0.05) is 32.5 Å². The number of thiazole rings is 1. The predicted octanol–water partition coefficient (Wildman–Crippen LogP) is 3.92. The molecule has 44 heavy (non-hydrogen) atoms. The van der Waals surface area contributed by atoms with E-state index in [1.165, 1.54) is 4.90 Å². The van der Waals surface area contributed by atoms with Gasteiger partial charge < -0.3 is 30.7 Å². The molecule has 0 unspecified atom stereocenters. The lowest BCUT2D eigenvalue weighted by atomic mass is 9.85. The molecule has 11 nitrogen and oxygen atoms in total. The summed E-state index contributed by atoms with van der Waals surface area (Å²) in [5, 5.41) is 18.9. The lowest BCUT2D eigenvalue weighted by Crippen LogP contribution is -2.57. The standard InChI is InChI=1S/C32H47N5O6S/c1-20-26(44-19-35-20)22-13-11-21(12-14-22)17-34-28(40)24-16-23(38)18-37(24)29(41)27(31(2,3)4)36-25(39)10-8-9-15-33-30(42)43-32(5,6)7/h11-14,19,23-24,27,38H,8-10,15-18H2,1-7H3,(H,33,42)(H,34,40)(H,36,39)/t23-,24+,27-/m1/s1. The van der Waals surface area contributed by atoms with Crippen LogP contribution < -0.4 is 16.0 Å². The summed E-state index contributed by atoms with van der Waals surface area (Å²) in [4.78, 5) is 58.4. The van der Waals surface area contributed by atoms with Crippen molar-refractivity contribution in [1.29, 1.82) is 0 Å². The fourth-order valence-electron chi connectivity index (χ4n) is 4.93. The van der Waals surface area contributed by atoms with Gasteiger partial charge in [-0.2, -0.15) is 0 Å². The summed E-state index contributed by atoms with van der Waals surface area (Å²) in [6.07, 6.45) is 0.0114. The van der Waals surface area contributed by atoms with E-state index in [4.69, 9.17) is 4.74 Å². The summed E-state index contributed by atoms with van der Waals surface area (Å²) >= 11 is 1.58. The first kappa shape index (κ1) is 35.0. The molecule has 242 valence electrons. The van der Waals surface area contributed by atoms with Crippen molar-refractivity contribution in [2.75, 3.05) is 13.1 Å². The number of ether oxygens (including phenoxy) is 1. The molecule has 1 fully saturated rings. The second kappa shape index (κ2) is 15.0. The van der Waals surface area contributed by atoms with E-state index in [2.05, 4.69) is 20.9 Å². The molecule has 4 N–H and O–H groups in total. The van der Waals surface area contributed by atoms with Crippen LogP contribution >= 0.6 is 11.3 Å². The summed E-state index contributed by atoms with van der Waals surface area (Å²) in [5.74, 6) is -1.06. The number of nitrogens with one attached hydrogen (secondary N) is 3. The van der Waals surface area contributed by atoms with Crippen molar-refractivity contribution in [2.45, 2.75) is 104 Å². The monoisotopic (exact) mass is 629 g/mol. The highest BCUT2D eigenvalue weighted by molar-refractivity contribution is 7.13. The molecule has 0 aliphatic carbocycles. The largest absolute Gasteiger partial charge is 0.444 e. The number of amides is 4. The summed E-state index contributed by atoms with van der Waals surface area (Å²) < 4.78 is 5.20. The fraction of sp³-hybridized carbons (Fsp3) is 0.594. The number of likely N-dealkylation sites (tertiary alicyclic amines) is 1. The first-order valence-electron chi connectivity index (χ1n) is 15.1. The molecule has 2 heterocycles. The lowest BCUT2D eigenvalue weighted by molar-refractivity contribution is -0.144. The van der Waals surface area contributed by atoms with Crippen molar-refractivity contribution in [3.8, 4) is 10.4 Å². The maximum absolute atomic E-state index is 13.8. The van der Waals surface area contributed by atoms with E-state index in [1.54, 1.807) is 32.1 Å². The van der Waals surface area contributed by atoms with Crippen LogP contribution in [-0.2, 0) is 25.7 Å². The molecule has 0 saturated carbocycles. The van der Waals surface area contributed by atoms with Crippen LogP contribution in [0.1, 0.15) is 78.5 Å². The van der Waals surface area contributed by atoms with Crippen LogP contribution in [0.3, 0.4) is 0 Å². The highest BCUT2D eigenvalue weighted by Gasteiger charge is 2.44. The van der Waals surface area contributed by atoms with Gasteiger partial charge in [-0.05, 0) is 57.1 Å². The summed E-state index contributed by atoms with van der Waals surface area (Å²) in [6.45, 7) is 13.5. The summed E-state index contributed by atoms with van der Waals surface area (Å²) in [5.41, 5.74) is 3.52. The molecule has 1 saturated heterocycles. The molecule has 1 aliphatic rings. The number of alkyl carbamates (subject to hydrolysis) is 1. The van der Waals surface area contributed by atoms with E-state index in [1.807, 2.05) is 57.5 Å². The van der Waals surface area contributed by atoms with E-state index in [-0.39, 0.29) is 37.7 Å². The zero-order valence-electron chi connectivity index (χ0n) is 26.9. The molecule has 0 bridgehead atoms. The summed E-state index contributed by atoms with van der Waals surface area (Å²) in [6, 6.07) is 6.13. The third kappa shape index (κ3) is 10.3. The second-order valence-electron chi connectivity index (χ2n) is 13.3. The maximum atomic E-state index is 13.8. The van der Waals surface area contributed by atoms with Gasteiger partial charge in [0.1, 0.15) is 17.7 Å². The fourth-order valence-corrected chi connectivity index (χ4v) is 5.74. The molecule has 2 aromatic rings. The number of unbranched alkanes of at least 4 members (excludes halogenated alkanes) is 1. The van der Waals surface area contributed by atoms with Gasteiger partial charge in [0.2, 0.25) is 17.7 Å². The number of carbonyl (C=O) groups is 4. The molecule has 1 aromatic carbocycles. The average molecular weight is 630 g/mol. The van der Waals surface area contributed by atoms with Crippen LogP contribution in [0.4, 0.5) is 4.79 Å². The minimum atomic E-state index is -0.891. The van der Waals surface area contributed by atoms with Crippen molar-refractivity contribution >= 4 is 35.2 Å². The van der Waals surface area contributed by atoms with E-state index in [0.717, 1.165) is 21.7 Å². The Bertz CT molecular complexity index is 1300. The van der Waals surface area contributed by atoms with Crippen LogP contribution in [0.2, 0.25) is 0 Å². The number of benzene rings is 1. The second-order valence-corrected chi connectivity index (χ2v) is 14.2. The van der Waals surface area contributed by atoms with Crippen molar-refractivity contribution < 1.29 is 29.0 Å². The van der Waals surface area contributed by atoms with Gasteiger partial charge in [0.05, 0.1) is 22.2 Å². The zero-order chi connectivity index (χ0) is 32.7. The van der Waals surface area contributed by atoms with Crippen molar-refractivity contribution in [1.82, 2.24) is 25.8 Å². The molecule has 1 aliphatic heterocycles. The third-order valence-corrected chi connectivity index (χ3v) is 8.19. The number of aromatic nitrogens is 1. The molecule has 1 aromatic heterocycles. The average Bonchev–Trinajstić information content (AvgIpc) is 3.53. The predicted molar refractivity (Wildman–Crippen MR) is 170 cm³/mol. The molecular formula is C32H47N5O6S. The molecule has 3 atom stereocenters. The normalized spacial score (nSPS) is 17.6. The van der Waals surface area contributed by atoms with Gasteiger partial charge in [-0.25, -0.2) is 9.78 Å². The highest BCUT2D eigenvalue weighted by Crippen LogP contribution is 2.28. The Morgan fingerprint density at radius 2 is 1.75 bits per heavy atom. The molecule has 3 rings (SSSR count). The van der Waals surface area contributed by atoms with Gasteiger partial charge in [-0.1, -0.05) is 45.0 Å². The van der Waals surface area contributed by atoms with Gasteiger partial charge in [-0.3, -0.25) is 14.4 Å². The number of aliphatic hydroxyl groups excluding tert-OH is 1. The first-order valence-corrected chi connectivity index (χ1v) is 15.9. The number of aryl methyl sites for hydroxylation is 1. The Labute approximate surface area is 264 Å². The van der Waals surface area contributed by atoms with E-state index < -0.39 is 41.2 Å². The number of carbonyl (C=O) groups excluding carboxylic acids is 4. The first-order chi connectivity index (χ1) is 20.5. The topological polar surface area (TPSA) is 150 Å². The minimum absolute atomic E-state index is 0.0125. The number of β-amino-alcohol motifs (C(OH)–C–C–N with tert-alkyl or cyclic N) is 1. The number of nitrogens with zero attached hydrogens (tertiary/aromatic N) is 2. The van der Waals surface area contributed by atoms with Crippen LogP contribution in [0, 0.1) is 12.3 Å². The molecule has 4 amide bonds. The van der Waals surface area contributed by atoms with E-state index >= 15 is 0 Å². The van der Waals surface area contributed by atoms with Crippen molar-refractivity contribution in [2.24, 2.45) is 5.41 Å². The molecule has 0 radical (unpaired) electrons. The van der Waals surface area contributed by atoms with E-state index in [9.17, 15) is 24.3 Å². The van der Waals surface area contributed by atoms with Gasteiger partial charge in [0.25, 0.3) is 0 Å². The Morgan fingerprint density at radius 1 is 1.07 bits per heavy atom. The minimum Gasteiger partial charge on any atom is -0.444 e. The highest BCUT2D eigenvalue weighted by atomic mass is 32.1. The van der Waals surface area contributed by atoms with Gasteiger partial charge in [-0.15, -0.1) is 11.3 Å². The molecular weight excluding hydrogens is 582 g/mol. The number of aliphatic hydroxyl groups is 1. The zero-order valence-corrected chi connectivity index (χ0v) is 27.7. The van der Waals surface area contributed by atoms with Crippen LogP contribution in [-0.4, -0.2) is 75.7 Å². The van der Waals surface area contributed by atoms with Crippen LogP contribution in [0.15, 0.2) is 29.8 Å². The Hall–Kier alpha value is -3.51. The SMILES string of the molecule is Cc1ncsc1-c1ccc(CNC(=O)[C@@H]2C[C@@H](O)CN2C(=O)[C@@H](NC(=O)CCCCNC(=O)OC(C)(C)C)C(C)(C)C)cc1. The van der Waals surface area contributed by atoms with Gasteiger partial charge >= 0.3 is 6.09 Å². The smallest absolute Gasteiger partial charge is 0.407 e. The number of hydrogen-bond donors (Lipinski definition) is 4. The number of rotatable bonds is 11. The quantitative estimate of drug-likeness (QED) is 0.275. The van der Waals surface area contributed by atoms with Gasteiger partial charge in [0.15, 0.2) is 0 Å².